The lowest BCUT2D eigenvalue weighted by Gasteiger charge is -2.04. The van der Waals surface area contributed by atoms with Crippen molar-refractivity contribution in [1.82, 2.24) is 0 Å². The molecule has 0 saturated carbocycles. The van der Waals surface area contributed by atoms with E-state index in [1.54, 1.807) is 6.92 Å². The minimum absolute atomic E-state index is 0.189. The molecule has 0 unspecified atom stereocenters. The molecule has 0 aromatic carbocycles. The van der Waals surface area contributed by atoms with Crippen LogP contribution >= 0.6 is 0 Å². The molecule has 0 fully saturated rings. The summed E-state index contributed by atoms with van der Waals surface area (Å²) in [6.45, 7) is 7.50. The molecule has 11 heavy (non-hydrogen) atoms. The minimum atomic E-state index is -0.189. The highest BCUT2D eigenvalue weighted by molar-refractivity contribution is 5.69. The van der Waals surface area contributed by atoms with Gasteiger partial charge in [-0.1, -0.05) is 26.8 Å². The van der Waals surface area contributed by atoms with Crippen LogP contribution in [0.25, 0.3) is 0 Å². The Morgan fingerprint density at radius 2 is 2.09 bits per heavy atom. The maximum Gasteiger partial charge on any atom is 0.310 e. The van der Waals surface area contributed by atoms with Gasteiger partial charge >= 0.3 is 5.97 Å². The quantitative estimate of drug-likeness (QED) is 0.452. The first kappa shape index (κ1) is 10.2. The van der Waals surface area contributed by atoms with Crippen molar-refractivity contribution in [3.05, 3.63) is 12.3 Å². The summed E-state index contributed by atoms with van der Waals surface area (Å²) in [5.41, 5.74) is 0. The Balaban J connectivity index is 3.44. The summed E-state index contributed by atoms with van der Waals surface area (Å²) in [7, 11) is 0. The number of allylic oxidation sites excluding steroid dienone is 1. The molecule has 0 spiro atoms. The molecule has 0 rings (SSSR count). The summed E-state index contributed by atoms with van der Waals surface area (Å²) in [6.07, 6.45) is 3.35. The molecule has 0 aliphatic rings. The highest BCUT2D eigenvalue weighted by Crippen LogP contribution is 2.06. The van der Waals surface area contributed by atoms with Crippen molar-refractivity contribution in [2.24, 2.45) is 0 Å². The van der Waals surface area contributed by atoms with Gasteiger partial charge in [0.25, 0.3) is 0 Å². The summed E-state index contributed by atoms with van der Waals surface area (Å²) in [5.74, 6) is 0.407. The van der Waals surface area contributed by atoms with Crippen LogP contribution in [0.5, 0.6) is 0 Å². The maximum atomic E-state index is 10.7. The van der Waals surface area contributed by atoms with E-state index in [0.717, 1.165) is 19.3 Å². The number of ether oxygens (including phenoxy) is 1. The Hall–Kier alpha value is -0.790. The van der Waals surface area contributed by atoms with E-state index in [4.69, 9.17) is 4.74 Å². The standard InChI is InChI=1S/C9H16O2/c1-4-6-7-8(3)11-9(10)5-2/h3-7H2,1-2H3. The molecule has 0 N–H and O–H groups in total. The molecule has 0 aromatic rings. The second-order valence-corrected chi connectivity index (χ2v) is 2.47. The third kappa shape index (κ3) is 5.64. The summed E-state index contributed by atoms with van der Waals surface area (Å²) in [4.78, 5) is 10.7. The molecule has 2 heteroatoms. The zero-order valence-corrected chi connectivity index (χ0v) is 7.35. The van der Waals surface area contributed by atoms with Crippen molar-refractivity contribution in [2.45, 2.75) is 39.5 Å². The molecule has 0 heterocycles. The van der Waals surface area contributed by atoms with Gasteiger partial charge < -0.3 is 4.74 Å². The molecule has 0 atom stereocenters. The molecule has 0 radical (unpaired) electrons. The molecular weight excluding hydrogens is 140 g/mol. The van der Waals surface area contributed by atoms with Crippen LogP contribution in [-0.2, 0) is 9.53 Å². The summed E-state index contributed by atoms with van der Waals surface area (Å²) < 4.78 is 4.87. The smallest absolute Gasteiger partial charge is 0.310 e. The molecule has 0 bridgehead atoms. The highest BCUT2D eigenvalue weighted by atomic mass is 16.5. The van der Waals surface area contributed by atoms with E-state index in [9.17, 15) is 4.79 Å². The second kappa shape index (κ2) is 5.96. The van der Waals surface area contributed by atoms with E-state index in [1.807, 2.05) is 0 Å². The van der Waals surface area contributed by atoms with Gasteiger partial charge in [-0.25, -0.2) is 0 Å². The number of unbranched alkanes of at least 4 members (excludes halogenated alkanes) is 1. The fourth-order valence-electron chi connectivity index (χ4n) is 0.658. The number of hydrogen-bond donors (Lipinski definition) is 0. The average molecular weight is 156 g/mol. The van der Waals surface area contributed by atoms with Gasteiger partial charge in [0.2, 0.25) is 0 Å². The van der Waals surface area contributed by atoms with Crippen molar-refractivity contribution < 1.29 is 9.53 Å². The van der Waals surface area contributed by atoms with Crippen molar-refractivity contribution in [3.63, 3.8) is 0 Å². The van der Waals surface area contributed by atoms with Crippen LogP contribution in [0.2, 0.25) is 0 Å². The van der Waals surface area contributed by atoms with Gasteiger partial charge in [0.05, 0.1) is 0 Å². The largest absolute Gasteiger partial charge is 0.432 e. The summed E-state index contributed by atoms with van der Waals surface area (Å²) >= 11 is 0. The van der Waals surface area contributed by atoms with E-state index < -0.39 is 0 Å². The third-order valence-electron chi connectivity index (χ3n) is 1.36. The number of esters is 1. The van der Waals surface area contributed by atoms with Crippen molar-refractivity contribution in [3.8, 4) is 0 Å². The van der Waals surface area contributed by atoms with Crippen LogP contribution in [0.3, 0.4) is 0 Å². The number of carbonyl (C=O) groups is 1. The number of rotatable bonds is 5. The lowest BCUT2D eigenvalue weighted by atomic mass is 10.2. The monoisotopic (exact) mass is 156 g/mol. The van der Waals surface area contributed by atoms with Crippen molar-refractivity contribution >= 4 is 5.97 Å². The van der Waals surface area contributed by atoms with E-state index >= 15 is 0 Å². The van der Waals surface area contributed by atoms with Crippen LogP contribution in [0.15, 0.2) is 12.3 Å². The molecule has 0 aliphatic heterocycles. The van der Waals surface area contributed by atoms with E-state index in [2.05, 4.69) is 13.5 Å². The SMILES string of the molecule is C=C(CCCC)OC(=O)CC. The topological polar surface area (TPSA) is 26.3 Å². The number of carbonyl (C=O) groups excluding carboxylic acids is 1. The fraction of sp³-hybridized carbons (Fsp3) is 0.667. The average Bonchev–Trinajstić information content (AvgIpc) is 2.00. The van der Waals surface area contributed by atoms with Gasteiger partial charge in [0.1, 0.15) is 5.76 Å². The Labute approximate surface area is 68.2 Å². The first-order chi connectivity index (χ1) is 5.20. The first-order valence-corrected chi connectivity index (χ1v) is 4.09. The lowest BCUT2D eigenvalue weighted by Crippen LogP contribution is -2.01. The second-order valence-electron chi connectivity index (χ2n) is 2.47. The van der Waals surface area contributed by atoms with Gasteiger partial charge in [0, 0.05) is 12.8 Å². The molecule has 0 aromatic heterocycles. The Morgan fingerprint density at radius 3 is 2.55 bits per heavy atom. The van der Waals surface area contributed by atoms with Crippen molar-refractivity contribution in [2.75, 3.05) is 0 Å². The first-order valence-electron chi connectivity index (χ1n) is 4.09. The van der Waals surface area contributed by atoms with Gasteiger partial charge in [-0.05, 0) is 6.42 Å². The van der Waals surface area contributed by atoms with E-state index in [1.165, 1.54) is 0 Å². The molecule has 0 saturated heterocycles. The molecule has 0 aliphatic carbocycles. The number of hydrogen-bond acceptors (Lipinski definition) is 2. The van der Waals surface area contributed by atoms with Crippen LogP contribution in [0.1, 0.15) is 39.5 Å². The third-order valence-corrected chi connectivity index (χ3v) is 1.36. The van der Waals surface area contributed by atoms with Crippen LogP contribution < -0.4 is 0 Å². The van der Waals surface area contributed by atoms with Gasteiger partial charge in [-0.15, -0.1) is 0 Å². The molecule has 2 nitrogen and oxygen atoms in total. The van der Waals surface area contributed by atoms with Gasteiger partial charge in [-0.3, -0.25) is 4.79 Å². The zero-order chi connectivity index (χ0) is 8.69. The highest BCUT2D eigenvalue weighted by Gasteiger charge is 2.00. The van der Waals surface area contributed by atoms with Crippen LogP contribution in [0, 0.1) is 0 Å². The van der Waals surface area contributed by atoms with Crippen LogP contribution in [-0.4, -0.2) is 5.97 Å². The predicted molar refractivity (Wildman–Crippen MR) is 45.0 cm³/mol. The zero-order valence-electron chi connectivity index (χ0n) is 7.35. The summed E-state index contributed by atoms with van der Waals surface area (Å²) in [5, 5.41) is 0. The van der Waals surface area contributed by atoms with Crippen molar-refractivity contribution in [1.29, 1.82) is 0 Å². The minimum Gasteiger partial charge on any atom is -0.432 e. The Bertz CT molecular complexity index is 138. The molecule has 0 amide bonds. The summed E-state index contributed by atoms with van der Waals surface area (Å²) in [6, 6.07) is 0. The molecular formula is C9H16O2. The van der Waals surface area contributed by atoms with Crippen LogP contribution in [0.4, 0.5) is 0 Å². The van der Waals surface area contributed by atoms with Gasteiger partial charge in [0.15, 0.2) is 0 Å². The van der Waals surface area contributed by atoms with E-state index in [0.29, 0.717) is 12.2 Å². The Kier molecular flexibility index (Phi) is 5.53. The predicted octanol–water partition coefficient (Wildman–Crippen LogP) is 2.64. The lowest BCUT2D eigenvalue weighted by molar-refractivity contribution is -0.139. The fourth-order valence-corrected chi connectivity index (χ4v) is 0.658. The maximum absolute atomic E-state index is 10.7. The normalized spacial score (nSPS) is 9.27. The molecule has 64 valence electrons. The van der Waals surface area contributed by atoms with Gasteiger partial charge in [-0.2, -0.15) is 0 Å². The Morgan fingerprint density at radius 1 is 1.45 bits per heavy atom. The van der Waals surface area contributed by atoms with E-state index in [-0.39, 0.29) is 5.97 Å².